The zero-order valence-electron chi connectivity index (χ0n) is 15.6. The highest BCUT2D eigenvalue weighted by Crippen LogP contribution is 2.18. The SMILES string of the molecule is CC(Cc1ccccc1)NCC(C)NS(=O)(=O)c1ccc2cnccc2c1. The van der Waals surface area contributed by atoms with Gasteiger partial charge in [-0.1, -0.05) is 36.4 Å². The van der Waals surface area contributed by atoms with Crippen molar-refractivity contribution in [3.8, 4) is 0 Å². The molecule has 3 aromatic rings. The molecule has 3 rings (SSSR count). The first-order valence-corrected chi connectivity index (χ1v) is 10.6. The second-order valence-corrected chi connectivity index (χ2v) is 8.62. The second kappa shape index (κ2) is 8.61. The fourth-order valence-electron chi connectivity index (χ4n) is 3.02. The lowest BCUT2D eigenvalue weighted by Crippen LogP contribution is -2.42. The number of fused-ring (bicyclic) bond motifs is 1. The van der Waals surface area contributed by atoms with Crippen LogP contribution in [-0.2, 0) is 16.4 Å². The lowest BCUT2D eigenvalue weighted by molar-refractivity contribution is 0.489. The average Bonchev–Trinajstić information content (AvgIpc) is 2.66. The average molecular weight is 384 g/mol. The Morgan fingerprint density at radius 3 is 2.52 bits per heavy atom. The quantitative estimate of drug-likeness (QED) is 0.627. The Labute approximate surface area is 160 Å². The summed E-state index contributed by atoms with van der Waals surface area (Å²) in [6.07, 6.45) is 4.28. The summed E-state index contributed by atoms with van der Waals surface area (Å²) in [6, 6.07) is 17.2. The van der Waals surface area contributed by atoms with E-state index in [0.29, 0.717) is 6.54 Å². The molecule has 2 atom stereocenters. The zero-order chi connectivity index (χ0) is 19.3. The summed E-state index contributed by atoms with van der Waals surface area (Å²) in [6.45, 7) is 4.53. The van der Waals surface area contributed by atoms with Gasteiger partial charge in [-0.15, -0.1) is 0 Å². The van der Waals surface area contributed by atoms with Gasteiger partial charge in [-0.25, -0.2) is 13.1 Å². The summed E-state index contributed by atoms with van der Waals surface area (Å²) in [5.41, 5.74) is 1.26. The van der Waals surface area contributed by atoms with Crippen LogP contribution in [0.15, 0.2) is 71.9 Å². The zero-order valence-corrected chi connectivity index (χ0v) is 16.4. The minimum Gasteiger partial charge on any atom is -0.312 e. The molecule has 1 heterocycles. The predicted molar refractivity (Wildman–Crippen MR) is 109 cm³/mol. The number of aromatic nitrogens is 1. The van der Waals surface area contributed by atoms with Gasteiger partial charge in [0.15, 0.2) is 0 Å². The Hall–Kier alpha value is -2.28. The van der Waals surface area contributed by atoms with E-state index in [2.05, 4.69) is 34.1 Å². The van der Waals surface area contributed by atoms with Crippen molar-refractivity contribution in [3.63, 3.8) is 0 Å². The van der Waals surface area contributed by atoms with E-state index in [4.69, 9.17) is 0 Å². The highest BCUT2D eigenvalue weighted by Gasteiger charge is 2.18. The summed E-state index contributed by atoms with van der Waals surface area (Å²) in [4.78, 5) is 4.32. The topological polar surface area (TPSA) is 71.1 Å². The predicted octanol–water partition coefficient (Wildman–Crippen LogP) is 3.12. The van der Waals surface area contributed by atoms with Crippen molar-refractivity contribution in [3.05, 3.63) is 72.6 Å². The molecule has 0 bridgehead atoms. The molecule has 1 aromatic heterocycles. The van der Waals surface area contributed by atoms with Gasteiger partial charge in [0.1, 0.15) is 0 Å². The van der Waals surface area contributed by atoms with Crippen LogP contribution in [0, 0.1) is 0 Å². The second-order valence-electron chi connectivity index (χ2n) is 6.91. The summed E-state index contributed by atoms with van der Waals surface area (Å²) < 4.78 is 28.1. The Morgan fingerprint density at radius 2 is 1.74 bits per heavy atom. The summed E-state index contributed by atoms with van der Waals surface area (Å²) in [7, 11) is -3.57. The molecule has 0 spiro atoms. The van der Waals surface area contributed by atoms with E-state index >= 15 is 0 Å². The van der Waals surface area contributed by atoms with E-state index in [0.717, 1.165) is 17.2 Å². The van der Waals surface area contributed by atoms with Gasteiger partial charge in [-0.05, 0) is 49.4 Å². The first-order valence-electron chi connectivity index (χ1n) is 9.07. The number of rotatable bonds is 8. The lowest BCUT2D eigenvalue weighted by Gasteiger charge is -2.19. The molecule has 5 nitrogen and oxygen atoms in total. The van der Waals surface area contributed by atoms with Gasteiger partial charge in [-0.3, -0.25) is 4.98 Å². The first kappa shape index (κ1) is 19.5. The maximum atomic E-state index is 12.7. The molecule has 0 saturated heterocycles. The van der Waals surface area contributed by atoms with Crippen LogP contribution < -0.4 is 10.0 Å². The molecule has 0 saturated carbocycles. The fraction of sp³-hybridized carbons (Fsp3) is 0.286. The largest absolute Gasteiger partial charge is 0.312 e. The molecule has 0 aliphatic rings. The molecule has 0 aliphatic carbocycles. The van der Waals surface area contributed by atoms with Gasteiger partial charge in [0.25, 0.3) is 0 Å². The van der Waals surface area contributed by atoms with Crippen molar-refractivity contribution in [1.82, 2.24) is 15.0 Å². The molecule has 142 valence electrons. The fourth-order valence-corrected chi connectivity index (χ4v) is 4.30. The number of nitrogens with one attached hydrogen (secondary N) is 2. The number of sulfonamides is 1. The van der Waals surface area contributed by atoms with Gasteiger partial charge in [0.2, 0.25) is 10.0 Å². The maximum absolute atomic E-state index is 12.7. The summed E-state index contributed by atoms with van der Waals surface area (Å²) >= 11 is 0. The van der Waals surface area contributed by atoms with Gasteiger partial charge in [-0.2, -0.15) is 0 Å². The van der Waals surface area contributed by atoms with Crippen LogP contribution in [0.3, 0.4) is 0 Å². The molecule has 0 aliphatic heterocycles. The molecule has 2 aromatic carbocycles. The number of hydrogen-bond donors (Lipinski definition) is 2. The lowest BCUT2D eigenvalue weighted by atomic mass is 10.1. The molecule has 6 heteroatoms. The van der Waals surface area contributed by atoms with Crippen molar-refractivity contribution < 1.29 is 8.42 Å². The van der Waals surface area contributed by atoms with Crippen LogP contribution in [0.1, 0.15) is 19.4 Å². The molecular formula is C21H25N3O2S. The van der Waals surface area contributed by atoms with Crippen LogP contribution in [0.4, 0.5) is 0 Å². The molecule has 0 amide bonds. The highest BCUT2D eigenvalue weighted by atomic mass is 32.2. The molecule has 2 N–H and O–H groups in total. The monoisotopic (exact) mass is 383 g/mol. The van der Waals surface area contributed by atoms with Crippen molar-refractivity contribution >= 4 is 20.8 Å². The number of pyridine rings is 1. The van der Waals surface area contributed by atoms with E-state index in [1.807, 2.05) is 31.2 Å². The minimum absolute atomic E-state index is 0.221. The third-order valence-electron chi connectivity index (χ3n) is 4.44. The Balaban J connectivity index is 1.57. The van der Waals surface area contributed by atoms with Crippen molar-refractivity contribution in [2.24, 2.45) is 0 Å². The van der Waals surface area contributed by atoms with Crippen LogP contribution in [0.2, 0.25) is 0 Å². The number of nitrogens with zero attached hydrogens (tertiary/aromatic N) is 1. The van der Waals surface area contributed by atoms with Crippen LogP contribution >= 0.6 is 0 Å². The van der Waals surface area contributed by atoms with Crippen LogP contribution in [0.5, 0.6) is 0 Å². The standard InChI is InChI=1S/C21H25N3O2S/c1-16(12-18-6-4-3-5-7-18)23-14-17(2)24-27(25,26)21-9-8-20-15-22-11-10-19(20)13-21/h3-11,13,15-17,23-24H,12,14H2,1-2H3. The Morgan fingerprint density at radius 1 is 0.963 bits per heavy atom. The van der Waals surface area contributed by atoms with E-state index in [-0.39, 0.29) is 17.0 Å². The molecule has 27 heavy (non-hydrogen) atoms. The van der Waals surface area contributed by atoms with E-state index in [1.54, 1.807) is 30.6 Å². The van der Waals surface area contributed by atoms with E-state index < -0.39 is 10.0 Å². The number of hydrogen-bond acceptors (Lipinski definition) is 4. The smallest absolute Gasteiger partial charge is 0.240 e. The van der Waals surface area contributed by atoms with Gasteiger partial charge in [0.05, 0.1) is 4.90 Å². The summed E-state index contributed by atoms with van der Waals surface area (Å²) in [5, 5.41) is 5.17. The summed E-state index contributed by atoms with van der Waals surface area (Å²) in [5.74, 6) is 0. The normalized spacial score (nSPS) is 14.1. The minimum atomic E-state index is -3.57. The van der Waals surface area contributed by atoms with Gasteiger partial charge >= 0.3 is 0 Å². The highest BCUT2D eigenvalue weighted by molar-refractivity contribution is 7.89. The van der Waals surface area contributed by atoms with Crippen LogP contribution in [0.25, 0.3) is 10.8 Å². The van der Waals surface area contributed by atoms with Gasteiger partial charge < -0.3 is 5.32 Å². The molecule has 0 radical (unpaired) electrons. The third-order valence-corrected chi connectivity index (χ3v) is 6.02. The van der Waals surface area contributed by atoms with E-state index in [1.165, 1.54) is 5.56 Å². The van der Waals surface area contributed by atoms with Crippen molar-refractivity contribution in [2.45, 2.75) is 37.2 Å². The van der Waals surface area contributed by atoms with E-state index in [9.17, 15) is 8.42 Å². The van der Waals surface area contributed by atoms with Crippen molar-refractivity contribution in [1.29, 1.82) is 0 Å². The Bertz CT molecular complexity index is 990. The molecule has 2 unspecified atom stereocenters. The molecule has 0 fully saturated rings. The van der Waals surface area contributed by atoms with Gasteiger partial charge in [0, 0.05) is 36.4 Å². The van der Waals surface area contributed by atoms with Crippen LogP contribution in [-0.4, -0.2) is 32.0 Å². The van der Waals surface area contributed by atoms with Crippen molar-refractivity contribution in [2.75, 3.05) is 6.54 Å². The third kappa shape index (κ3) is 5.35. The first-order chi connectivity index (χ1) is 12.9. The number of benzene rings is 2. The Kier molecular flexibility index (Phi) is 6.21. The maximum Gasteiger partial charge on any atom is 0.240 e. The molecular weight excluding hydrogens is 358 g/mol.